The minimum atomic E-state index is -3.95. The summed E-state index contributed by atoms with van der Waals surface area (Å²) in [6, 6.07) is 3.77. The molecule has 1 aromatic rings. The Balaban J connectivity index is 1.98. The van der Waals surface area contributed by atoms with Gasteiger partial charge in [-0.3, -0.25) is 0 Å². The van der Waals surface area contributed by atoms with Crippen molar-refractivity contribution in [1.29, 1.82) is 0 Å². The molecule has 34 heavy (non-hydrogen) atoms. The molecule has 0 aliphatic carbocycles. The van der Waals surface area contributed by atoms with Crippen molar-refractivity contribution < 1.29 is 16.8 Å². The summed E-state index contributed by atoms with van der Waals surface area (Å²) in [4.78, 5) is 0.803. The summed E-state index contributed by atoms with van der Waals surface area (Å²) in [7, 11) is -7.84. The third kappa shape index (κ3) is 5.85. The van der Waals surface area contributed by atoms with Gasteiger partial charge in [0.15, 0.2) is 0 Å². The number of hydrogen-bond donors (Lipinski definition) is 0. The number of rotatable bonds is 13. The quantitative estimate of drug-likeness (QED) is 0.167. The van der Waals surface area contributed by atoms with E-state index in [1.54, 1.807) is 23.9 Å². The molecule has 3 rings (SSSR count). The van der Waals surface area contributed by atoms with E-state index in [9.17, 15) is 16.8 Å². The van der Waals surface area contributed by atoms with Crippen LogP contribution in [0.1, 0.15) is 82.9 Å². The maximum Gasteiger partial charge on any atom is 0.214 e. The third-order valence-corrected chi connectivity index (χ3v) is 13.9. The van der Waals surface area contributed by atoms with Gasteiger partial charge in [-0.15, -0.1) is 23.1 Å². The summed E-state index contributed by atoms with van der Waals surface area (Å²) < 4.78 is 55.3. The molecule has 0 spiro atoms. The molecule has 188 valence electrons. The summed E-state index contributed by atoms with van der Waals surface area (Å²) in [5, 5.41) is 0. The molecule has 0 aromatic carbocycles. The van der Waals surface area contributed by atoms with Gasteiger partial charge in [-0.2, -0.15) is 0 Å². The number of halogens is 1. The highest BCUT2D eigenvalue weighted by molar-refractivity contribution is 9.13. The summed E-state index contributed by atoms with van der Waals surface area (Å²) in [6.45, 7) is 4.27. The molecule has 2 aliphatic rings. The van der Waals surface area contributed by atoms with Gasteiger partial charge in [0.2, 0.25) is 19.7 Å². The standard InChI is InChI=1S/C25H33BrO4S4/c1-4-6-8-10-12-18-16-21(33(27,28)24(18)20-14-15-23(31-3)32-20)22-17-19(13-11-9-7-5-2)25(26)34(22,29)30/h14-17H,4-13H2,1-3H3. The molecule has 1 aromatic heterocycles. The molecule has 0 atom stereocenters. The Morgan fingerprint density at radius 2 is 1.35 bits per heavy atom. The van der Waals surface area contributed by atoms with Crippen molar-refractivity contribution in [1.82, 2.24) is 0 Å². The maximum atomic E-state index is 13.8. The van der Waals surface area contributed by atoms with Crippen LogP contribution in [0.3, 0.4) is 0 Å². The zero-order valence-electron chi connectivity index (χ0n) is 20.0. The van der Waals surface area contributed by atoms with Gasteiger partial charge in [-0.1, -0.05) is 52.4 Å². The molecular formula is C25H33BrO4S4. The van der Waals surface area contributed by atoms with Crippen molar-refractivity contribution in [2.45, 2.75) is 82.3 Å². The van der Waals surface area contributed by atoms with Gasteiger partial charge < -0.3 is 0 Å². The second-order valence-corrected chi connectivity index (χ2v) is 15.8. The van der Waals surface area contributed by atoms with E-state index in [0.717, 1.165) is 61.1 Å². The molecule has 0 unspecified atom stereocenters. The van der Waals surface area contributed by atoms with Crippen LogP contribution in [0.2, 0.25) is 0 Å². The molecule has 0 saturated heterocycles. The van der Waals surface area contributed by atoms with Crippen LogP contribution in [0.5, 0.6) is 0 Å². The van der Waals surface area contributed by atoms with Crippen molar-refractivity contribution >= 4 is 63.6 Å². The Bertz CT molecular complexity index is 1250. The highest BCUT2D eigenvalue weighted by Crippen LogP contribution is 2.49. The molecule has 0 fully saturated rings. The number of sulfone groups is 2. The van der Waals surface area contributed by atoms with Crippen LogP contribution in [-0.4, -0.2) is 23.1 Å². The first-order valence-electron chi connectivity index (χ1n) is 11.9. The maximum absolute atomic E-state index is 13.8. The summed E-state index contributed by atoms with van der Waals surface area (Å²) in [6.07, 6.45) is 14.6. The Kier molecular flexibility index (Phi) is 9.94. The average molecular weight is 606 g/mol. The molecule has 9 heteroatoms. The molecular weight excluding hydrogens is 572 g/mol. The number of hydrogen-bond acceptors (Lipinski definition) is 6. The first-order valence-corrected chi connectivity index (χ1v) is 17.7. The van der Waals surface area contributed by atoms with Crippen LogP contribution in [0, 0.1) is 0 Å². The van der Waals surface area contributed by atoms with Crippen LogP contribution in [0.15, 0.2) is 53.3 Å². The lowest BCUT2D eigenvalue weighted by atomic mass is 10.0. The SMILES string of the molecule is CCCCCCC1=C(Br)S(=O)(=O)C(C2=CC(CCCCCC)=C(c3ccc(SC)s3)S2(=O)=O)=C1. The zero-order valence-corrected chi connectivity index (χ0v) is 24.9. The van der Waals surface area contributed by atoms with Gasteiger partial charge in [0.05, 0.1) is 18.9 Å². The lowest BCUT2D eigenvalue weighted by Crippen LogP contribution is -2.10. The summed E-state index contributed by atoms with van der Waals surface area (Å²) >= 11 is 6.29. The highest BCUT2D eigenvalue weighted by Gasteiger charge is 2.43. The van der Waals surface area contributed by atoms with E-state index in [0.29, 0.717) is 23.3 Å². The van der Waals surface area contributed by atoms with Crippen molar-refractivity contribution in [3.05, 3.63) is 53.9 Å². The normalized spacial score (nSPS) is 19.2. The number of thioether (sulfide) groups is 1. The largest absolute Gasteiger partial charge is 0.218 e. The molecule has 0 saturated carbocycles. The minimum Gasteiger partial charge on any atom is -0.218 e. The number of unbranched alkanes of at least 4 members (excludes halogenated alkanes) is 6. The van der Waals surface area contributed by atoms with Gasteiger partial charge in [0.25, 0.3) is 0 Å². The van der Waals surface area contributed by atoms with E-state index in [1.807, 2.05) is 18.4 Å². The summed E-state index contributed by atoms with van der Waals surface area (Å²) in [5.41, 5.74) is 1.39. The minimum absolute atomic E-state index is 0.0763. The van der Waals surface area contributed by atoms with E-state index in [2.05, 4.69) is 29.8 Å². The van der Waals surface area contributed by atoms with Gasteiger partial charge in [-0.05, 0) is 83.3 Å². The lowest BCUT2D eigenvalue weighted by Gasteiger charge is -2.08. The van der Waals surface area contributed by atoms with Crippen LogP contribution >= 0.6 is 39.0 Å². The molecule has 4 nitrogen and oxygen atoms in total. The molecule has 0 radical (unpaired) electrons. The Labute approximate surface area is 221 Å². The highest BCUT2D eigenvalue weighted by atomic mass is 79.9. The van der Waals surface area contributed by atoms with Crippen LogP contribution in [0.25, 0.3) is 4.91 Å². The Hall–Kier alpha value is -0.610. The van der Waals surface area contributed by atoms with Crippen molar-refractivity contribution in [2.24, 2.45) is 0 Å². The van der Waals surface area contributed by atoms with E-state index in [1.165, 1.54) is 11.3 Å². The predicted molar refractivity (Wildman–Crippen MR) is 150 cm³/mol. The second kappa shape index (κ2) is 12.1. The average Bonchev–Trinajstić information content (AvgIpc) is 3.42. The van der Waals surface area contributed by atoms with Gasteiger partial charge in [0, 0.05) is 4.88 Å². The fourth-order valence-electron chi connectivity index (χ4n) is 4.24. The monoisotopic (exact) mass is 604 g/mol. The molecule has 2 aliphatic heterocycles. The first-order chi connectivity index (χ1) is 16.2. The van der Waals surface area contributed by atoms with Gasteiger partial charge >= 0.3 is 0 Å². The lowest BCUT2D eigenvalue weighted by molar-refractivity contribution is 0.606. The van der Waals surface area contributed by atoms with E-state index in [4.69, 9.17) is 0 Å². The third-order valence-electron chi connectivity index (χ3n) is 6.09. The number of allylic oxidation sites excluding steroid dienone is 4. The molecule has 0 N–H and O–H groups in total. The van der Waals surface area contributed by atoms with Crippen molar-refractivity contribution in [2.75, 3.05) is 6.26 Å². The van der Waals surface area contributed by atoms with Crippen molar-refractivity contribution in [3.8, 4) is 0 Å². The smallest absolute Gasteiger partial charge is 0.214 e. The molecule has 3 heterocycles. The second-order valence-electron chi connectivity index (χ2n) is 8.62. The molecule has 0 amide bonds. The molecule has 0 bridgehead atoms. The van der Waals surface area contributed by atoms with E-state index < -0.39 is 19.7 Å². The topological polar surface area (TPSA) is 68.3 Å². The summed E-state index contributed by atoms with van der Waals surface area (Å²) in [5.74, 6) is 0. The van der Waals surface area contributed by atoms with Crippen LogP contribution in [0.4, 0.5) is 0 Å². The van der Waals surface area contributed by atoms with E-state index >= 15 is 0 Å². The number of thiophene rings is 1. The predicted octanol–water partition coefficient (Wildman–Crippen LogP) is 8.35. The van der Waals surface area contributed by atoms with Crippen molar-refractivity contribution in [3.63, 3.8) is 0 Å². The van der Waals surface area contributed by atoms with Crippen LogP contribution < -0.4 is 0 Å². The van der Waals surface area contributed by atoms with Gasteiger partial charge in [0.1, 0.15) is 3.81 Å². The van der Waals surface area contributed by atoms with E-state index in [-0.39, 0.29) is 18.5 Å². The van der Waals surface area contributed by atoms with Crippen LogP contribution in [-0.2, 0) is 19.7 Å². The Morgan fingerprint density at radius 1 is 0.794 bits per heavy atom. The fraction of sp³-hybridized carbons (Fsp3) is 0.520. The fourth-order valence-corrected chi connectivity index (χ4v) is 10.7. The first kappa shape index (κ1) is 28.0. The zero-order chi connectivity index (χ0) is 24.9. The Morgan fingerprint density at radius 3 is 1.91 bits per heavy atom. The van der Waals surface area contributed by atoms with Gasteiger partial charge in [-0.25, -0.2) is 16.8 Å².